The number of aromatic nitrogens is 3. The topological polar surface area (TPSA) is 79.7 Å². The lowest BCUT2D eigenvalue weighted by Gasteiger charge is -2.28. The summed E-state index contributed by atoms with van der Waals surface area (Å²) in [7, 11) is 0. The van der Waals surface area contributed by atoms with Crippen molar-refractivity contribution in [3.63, 3.8) is 0 Å². The molecule has 1 saturated heterocycles. The zero-order valence-electron chi connectivity index (χ0n) is 13.0. The van der Waals surface area contributed by atoms with E-state index in [-0.39, 0.29) is 17.7 Å². The Morgan fingerprint density at radius 1 is 1.45 bits per heavy atom. The third-order valence-corrected chi connectivity index (χ3v) is 3.61. The first-order valence-corrected chi connectivity index (χ1v) is 7.42. The molecule has 1 amide bonds. The van der Waals surface area contributed by atoms with E-state index in [0.29, 0.717) is 17.9 Å². The fourth-order valence-corrected chi connectivity index (χ4v) is 2.70. The van der Waals surface area contributed by atoms with E-state index >= 15 is 0 Å². The van der Waals surface area contributed by atoms with E-state index in [2.05, 4.69) is 10.1 Å². The Kier molecular flexibility index (Phi) is 3.42. The summed E-state index contributed by atoms with van der Waals surface area (Å²) in [5, 5.41) is 4.42. The first-order chi connectivity index (χ1) is 10.3. The molecule has 1 aliphatic rings. The Morgan fingerprint density at radius 2 is 2.23 bits per heavy atom. The second-order valence-corrected chi connectivity index (χ2v) is 6.51. The first-order valence-electron chi connectivity index (χ1n) is 7.42. The Morgan fingerprint density at radius 3 is 2.95 bits per heavy atom. The highest BCUT2D eigenvalue weighted by molar-refractivity contribution is 5.69. The Balaban J connectivity index is 1.91. The molecule has 1 aliphatic heterocycles. The van der Waals surface area contributed by atoms with E-state index in [0.717, 1.165) is 12.8 Å². The Hall–Kier alpha value is -2.31. The molecule has 0 bridgehead atoms. The van der Waals surface area contributed by atoms with Gasteiger partial charge in [-0.1, -0.05) is 0 Å². The summed E-state index contributed by atoms with van der Waals surface area (Å²) in [4.78, 5) is 28.8. The van der Waals surface area contributed by atoms with Gasteiger partial charge in [0.1, 0.15) is 11.1 Å². The maximum absolute atomic E-state index is 12.3. The molecule has 2 aromatic rings. The summed E-state index contributed by atoms with van der Waals surface area (Å²) in [6.45, 7) is 6.11. The lowest BCUT2D eigenvalue weighted by atomic mass is 10.2. The lowest BCUT2D eigenvalue weighted by molar-refractivity contribution is 0.0217. The van der Waals surface area contributed by atoms with Crippen LogP contribution in [-0.2, 0) is 4.74 Å². The molecule has 0 saturated carbocycles. The van der Waals surface area contributed by atoms with Gasteiger partial charge in [0.25, 0.3) is 5.56 Å². The van der Waals surface area contributed by atoms with Crippen LogP contribution in [0.4, 0.5) is 4.79 Å². The fourth-order valence-electron chi connectivity index (χ4n) is 2.70. The zero-order chi connectivity index (χ0) is 15.9. The van der Waals surface area contributed by atoms with E-state index in [1.165, 1.54) is 0 Å². The predicted molar refractivity (Wildman–Crippen MR) is 80.7 cm³/mol. The molecule has 1 N–H and O–H groups in total. The molecule has 3 heterocycles. The summed E-state index contributed by atoms with van der Waals surface area (Å²) in [6, 6.07) is 3.21. The largest absolute Gasteiger partial charge is 0.444 e. The van der Waals surface area contributed by atoms with Crippen LogP contribution in [0.25, 0.3) is 5.52 Å². The molecule has 22 heavy (non-hydrogen) atoms. The molecule has 7 nitrogen and oxygen atoms in total. The molecular weight excluding hydrogens is 284 g/mol. The van der Waals surface area contributed by atoms with Crippen LogP contribution >= 0.6 is 0 Å². The van der Waals surface area contributed by atoms with Gasteiger partial charge in [-0.3, -0.25) is 9.69 Å². The second-order valence-electron chi connectivity index (χ2n) is 6.51. The van der Waals surface area contributed by atoms with Crippen molar-refractivity contribution in [3.8, 4) is 0 Å². The number of ether oxygens (including phenoxy) is 1. The Bertz CT molecular complexity index is 756. The molecule has 1 atom stereocenters. The zero-order valence-corrected chi connectivity index (χ0v) is 13.0. The SMILES string of the molecule is CC(C)(C)OC(=O)N1CCC[C@H]1c1nn2cccc2c(=O)[nH]1. The molecule has 0 aromatic carbocycles. The van der Waals surface area contributed by atoms with Gasteiger partial charge >= 0.3 is 6.09 Å². The van der Waals surface area contributed by atoms with Gasteiger partial charge in [0.15, 0.2) is 5.82 Å². The monoisotopic (exact) mass is 304 g/mol. The molecule has 2 aromatic heterocycles. The molecule has 0 aliphatic carbocycles. The van der Waals surface area contributed by atoms with Crippen LogP contribution in [0.2, 0.25) is 0 Å². The maximum Gasteiger partial charge on any atom is 0.410 e. The van der Waals surface area contributed by atoms with Crippen LogP contribution in [0.15, 0.2) is 23.1 Å². The number of hydrogen-bond donors (Lipinski definition) is 1. The highest BCUT2D eigenvalue weighted by Crippen LogP contribution is 2.30. The van der Waals surface area contributed by atoms with Crippen molar-refractivity contribution in [1.29, 1.82) is 0 Å². The summed E-state index contributed by atoms with van der Waals surface area (Å²) < 4.78 is 6.98. The summed E-state index contributed by atoms with van der Waals surface area (Å²) in [5.74, 6) is 0.497. The lowest BCUT2D eigenvalue weighted by Crippen LogP contribution is -2.37. The number of amides is 1. The molecule has 0 spiro atoms. The minimum absolute atomic E-state index is 0.203. The third-order valence-electron chi connectivity index (χ3n) is 3.61. The second kappa shape index (κ2) is 5.15. The number of rotatable bonds is 1. The minimum Gasteiger partial charge on any atom is -0.444 e. The third kappa shape index (κ3) is 2.70. The van der Waals surface area contributed by atoms with Crippen molar-refractivity contribution in [2.45, 2.75) is 45.3 Å². The Labute approximate surface area is 127 Å². The van der Waals surface area contributed by atoms with Gasteiger partial charge in [0, 0.05) is 12.7 Å². The number of nitrogens with zero attached hydrogens (tertiary/aromatic N) is 3. The van der Waals surface area contributed by atoms with Crippen LogP contribution in [0.5, 0.6) is 0 Å². The maximum atomic E-state index is 12.3. The minimum atomic E-state index is -0.546. The molecule has 1 fully saturated rings. The van der Waals surface area contributed by atoms with Crippen molar-refractivity contribution in [3.05, 3.63) is 34.5 Å². The van der Waals surface area contributed by atoms with Gasteiger partial charge in [0.2, 0.25) is 0 Å². The van der Waals surface area contributed by atoms with Gasteiger partial charge in [0.05, 0.1) is 6.04 Å². The highest BCUT2D eigenvalue weighted by Gasteiger charge is 2.35. The number of likely N-dealkylation sites (tertiary alicyclic amines) is 1. The van der Waals surface area contributed by atoms with Crippen LogP contribution < -0.4 is 5.56 Å². The molecule has 0 radical (unpaired) electrons. The van der Waals surface area contributed by atoms with E-state index in [4.69, 9.17) is 4.74 Å². The normalized spacial score (nSPS) is 18.9. The van der Waals surface area contributed by atoms with Crippen molar-refractivity contribution >= 4 is 11.6 Å². The van der Waals surface area contributed by atoms with E-state index < -0.39 is 5.60 Å². The standard InChI is InChI=1S/C15H20N4O3/c1-15(2,3)22-14(21)18-8-4-6-10(18)12-16-13(20)11-7-5-9-19(11)17-12/h5,7,9-10H,4,6,8H2,1-3H3,(H,16,17,20)/t10-/m0/s1. The number of aromatic amines is 1. The smallest absolute Gasteiger partial charge is 0.410 e. The van der Waals surface area contributed by atoms with Gasteiger partial charge in [-0.05, 0) is 45.7 Å². The summed E-state index contributed by atoms with van der Waals surface area (Å²) in [6.07, 6.45) is 2.97. The van der Waals surface area contributed by atoms with E-state index in [1.54, 1.807) is 27.7 Å². The average Bonchev–Trinajstić information content (AvgIpc) is 3.05. The average molecular weight is 304 g/mol. The van der Waals surface area contributed by atoms with Crippen molar-refractivity contribution < 1.29 is 9.53 Å². The van der Waals surface area contributed by atoms with Crippen LogP contribution in [0, 0.1) is 0 Å². The van der Waals surface area contributed by atoms with Gasteiger partial charge < -0.3 is 9.72 Å². The molecule has 7 heteroatoms. The fraction of sp³-hybridized carbons (Fsp3) is 0.533. The molecule has 3 rings (SSSR count). The number of fused-ring (bicyclic) bond motifs is 1. The van der Waals surface area contributed by atoms with Crippen molar-refractivity contribution in [2.75, 3.05) is 6.54 Å². The number of carbonyl (C=O) groups excluding carboxylic acids is 1. The first kappa shape index (κ1) is 14.6. The quantitative estimate of drug-likeness (QED) is 0.875. The van der Waals surface area contributed by atoms with E-state index in [9.17, 15) is 9.59 Å². The number of carbonyl (C=O) groups is 1. The predicted octanol–water partition coefficient (Wildman–Crippen LogP) is 2.09. The number of nitrogens with one attached hydrogen (secondary N) is 1. The van der Waals surface area contributed by atoms with Crippen molar-refractivity contribution in [1.82, 2.24) is 19.5 Å². The van der Waals surface area contributed by atoms with Crippen LogP contribution in [-0.4, -0.2) is 37.7 Å². The van der Waals surface area contributed by atoms with Crippen LogP contribution in [0.3, 0.4) is 0 Å². The molecule has 118 valence electrons. The highest BCUT2D eigenvalue weighted by atomic mass is 16.6. The van der Waals surface area contributed by atoms with Crippen LogP contribution in [0.1, 0.15) is 45.5 Å². The van der Waals surface area contributed by atoms with E-state index in [1.807, 2.05) is 20.8 Å². The van der Waals surface area contributed by atoms with Gasteiger partial charge in [-0.2, -0.15) is 5.10 Å². The number of hydrogen-bond acceptors (Lipinski definition) is 4. The molecular formula is C15H20N4O3. The summed E-state index contributed by atoms with van der Waals surface area (Å²) in [5.41, 5.74) is -0.258. The van der Waals surface area contributed by atoms with Crippen molar-refractivity contribution in [2.24, 2.45) is 0 Å². The van der Waals surface area contributed by atoms with Gasteiger partial charge in [-0.15, -0.1) is 0 Å². The number of H-pyrrole nitrogens is 1. The van der Waals surface area contributed by atoms with Gasteiger partial charge in [-0.25, -0.2) is 9.31 Å². The molecule has 0 unspecified atom stereocenters. The summed E-state index contributed by atoms with van der Waals surface area (Å²) >= 11 is 0.